The molecule has 0 saturated carbocycles. The number of fused-ring (bicyclic) bond motifs is 1. The number of halogens is 1. The highest BCUT2D eigenvalue weighted by Crippen LogP contribution is 2.27. The third-order valence-electron chi connectivity index (χ3n) is 5.23. The second-order valence-electron chi connectivity index (χ2n) is 6.99. The van der Waals surface area contributed by atoms with Gasteiger partial charge in [-0.15, -0.1) is 24.0 Å². The van der Waals surface area contributed by atoms with Crippen molar-refractivity contribution < 1.29 is 0 Å². The maximum Gasteiger partial charge on any atom is 0.194 e. The minimum atomic E-state index is 0. The van der Waals surface area contributed by atoms with E-state index in [2.05, 4.69) is 82.8 Å². The fourth-order valence-electron chi connectivity index (χ4n) is 3.83. The Balaban J connectivity index is 0.00000225. The van der Waals surface area contributed by atoms with Crippen molar-refractivity contribution in [1.29, 1.82) is 0 Å². The van der Waals surface area contributed by atoms with Gasteiger partial charge in [-0.05, 0) is 30.4 Å². The lowest BCUT2D eigenvalue weighted by Crippen LogP contribution is -2.40. The first-order chi connectivity index (χ1) is 13.3. The minimum Gasteiger partial charge on any atom is -0.357 e. The third kappa shape index (κ3) is 4.63. The topological polar surface area (TPSA) is 40.5 Å². The molecule has 1 fully saturated rings. The Kier molecular flexibility index (Phi) is 7.25. The second kappa shape index (κ2) is 9.87. The van der Waals surface area contributed by atoms with E-state index in [0.29, 0.717) is 12.5 Å². The van der Waals surface area contributed by atoms with Crippen LogP contribution in [0.2, 0.25) is 0 Å². The zero-order valence-corrected chi connectivity index (χ0v) is 18.5. The van der Waals surface area contributed by atoms with Gasteiger partial charge in [0.1, 0.15) is 0 Å². The summed E-state index contributed by atoms with van der Waals surface area (Å²) in [7, 11) is 0. The van der Waals surface area contributed by atoms with E-state index in [9.17, 15) is 0 Å². The molecule has 5 heteroatoms. The molecule has 1 atom stereocenters. The predicted molar refractivity (Wildman–Crippen MR) is 127 cm³/mol. The van der Waals surface area contributed by atoms with Gasteiger partial charge in [0.15, 0.2) is 5.96 Å². The number of nitrogens with one attached hydrogen (secondary N) is 1. The van der Waals surface area contributed by atoms with Crippen LogP contribution in [0.25, 0.3) is 10.8 Å². The summed E-state index contributed by atoms with van der Waals surface area (Å²) < 4.78 is 0. The van der Waals surface area contributed by atoms with Gasteiger partial charge in [-0.3, -0.25) is 4.98 Å². The van der Waals surface area contributed by atoms with E-state index in [4.69, 9.17) is 4.99 Å². The second-order valence-corrected chi connectivity index (χ2v) is 6.99. The summed E-state index contributed by atoms with van der Waals surface area (Å²) in [6.07, 6.45) is 3.04. The summed E-state index contributed by atoms with van der Waals surface area (Å²) in [5.41, 5.74) is 2.45. The minimum absolute atomic E-state index is 0. The molecule has 0 radical (unpaired) electrons. The van der Waals surface area contributed by atoms with E-state index in [1.165, 1.54) is 22.8 Å². The van der Waals surface area contributed by atoms with Crippen LogP contribution in [0.15, 0.2) is 71.9 Å². The molecule has 146 valence electrons. The molecule has 0 amide bonds. The highest BCUT2D eigenvalue weighted by Gasteiger charge is 2.25. The lowest BCUT2D eigenvalue weighted by atomic mass is 9.99. The van der Waals surface area contributed by atoms with Crippen molar-refractivity contribution >= 4 is 40.7 Å². The molecule has 1 saturated heterocycles. The van der Waals surface area contributed by atoms with Crippen molar-refractivity contribution in [2.24, 2.45) is 4.99 Å². The van der Waals surface area contributed by atoms with Crippen LogP contribution in [0.1, 0.15) is 30.5 Å². The smallest absolute Gasteiger partial charge is 0.194 e. The van der Waals surface area contributed by atoms with Crippen LogP contribution in [0, 0.1) is 0 Å². The molecular formula is C23H27IN4. The molecule has 1 aliphatic heterocycles. The first-order valence-electron chi connectivity index (χ1n) is 9.76. The number of rotatable bonds is 4. The summed E-state index contributed by atoms with van der Waals surface area (Å²) in [6.45, 7) is 5.63. The van der Waals surface area contributed by atoms with Crippen molar-refractivity contribution in [2.75, 3.05) is 19.6 Å². The van der Waals surface area contributed by atoms with Crippen molar-refractivity contribution in [2.45, 2.75) is 25.8 Å². The van der Waals surface area contributed by atoms with Gasteiger partial charge in [-0.25, -0.2) is 4.99 Å². The molecule has 4 nitrogen and oxygen atoms in total. The molecule has 28 heavy (non-hydrogen) atoms. The highest BCUT2D eigenvalue weighted by molar-refractivity contribution is 14.0. The number of guanidine groups is 1. The zero-order valence-electron chi connectivity index (χ0n) is 16.2. The van der Waals surface area contributed by atoms with E-state index in [0.717, 1.165) is 31.3 Å². The molecule has 2 heterocycles. The van der Waals surface area contributed by atoms with E-state index in [-0.39, 0.29) is 24.0 Å². The van der Waals surface area contributed by atoms with Crippen LogP contribution in [0.4, 0.5) is 0 Å². The average Bonchev–Trinajstić information content (AvgIpc) is 3.22. The fourth-order valence-corrected chi connectivity index (χ4v) is 3.83. The molecule has 1 unspecified atom stereocenters. The molecule has 1 aliphatic rings. The molecule has 0 aliphatic carbocycles. The Morgan fingerprint density at radius 3 is 2.71 bits per heavy atom. The lowest BCUT2D eigenvalue weighted by molar-refractivity contribution is 0.486. The van der Waals surface area contributed by atoms with Crippen molar-refractivity contribution in [3.63, 3.8) is 0 Å². The van der Waals surface area contributed by atoms with Crippen molar-refractivity contribution in [1.82, 2.24) is 15.2 Å². The van der Waals surface area contributed by atoms with Gasteiger partial charge in [0.2, 0.25) is 0 Å². The summed E-state index contributed by atoms with van der Waals surface area (Å²) in [5.74, 6) is 1.57. The Hall–Kier alpha value is -2.15. The number of nitrogens with zero attached hydrogens (tertiary/aromatic N) is 3. The Bertz CT molecular complexity index is 921. The molecule has 4 rings (SSSR count). The normalized spacial score (nSPS) is 16.8. The number of aromatic nitrogens is 1. The van der Waals surface area contributed by atoms with E-state index in [1.807, 2.05) is 6.20 Å². The third-order valence-corrected chi connectivity index (χ3v) is 5.23. The quantitative estimate of drug-likeness (QED) is 0.327. The highest BCUT2D eigenvalue weighted by atomic mass is 127. The first-order valence-corrected chi connectivity index (χ1v) is 9.76. The van der Waals surface area contributed by atoms with Crippen molar-refractivity contribution in [3.05, 3.63) is 78.1 Å². The number of aliphatic imine (C=N–C) groups is 1. The van der Waals surface area contributed by atoms with Gasteiger partial charge < -0.3 is 10.2 Å². The summed E-state index contributed by atoms with van der Waals surface area (Å²) in [4.78, 5) is 11.9. The van der Waals surface area contributed by atoms with Crippen molar-refractivity contribution in [3.8, 4) is 0 Å². The summed E-state index contributed by atoms with van der Waals surface area (Å²) in [6, 6.07) is 21.2. The standard InChI is InChI=1S/C23H26N4.HI/c1-2-24-23(27-15-13-20(17-27)18-8-4-3-5-9-18)26-16-22-21-11-7-6-10-19(21)12-14-25-22;/h3-12,14,20H,2,13,15-17H2,1H3,(H,24,26);1H. The molecule has 0 bridgehead atoms. The van der Waals surface area contributed by atoms with Gasteiger partial charge in [0, 0.05) is 37.1 Å². The molecule has 2 aromatic carbocycles. The number of likely N-dealkylation sites (tertiary alicyclic amines) is 1. The monoisotopic (exact) mass is 486 g/mol. The van der Waals surface area contributed by atoms with Gasteiger partial charge >= 0.3 is 0 Å². The Labute approximate surface area is 184 Å². The first kappa shape index (κ1) is 20.6. The van der Waals surface area contributed by atoms with Gasteiger partial charge in [0.05, 0.1) is 12.2 Å². The summed E-state index contributed by atoms with van der Waals surface area (Å²) in [5, 5.41) is 5.86. The fraction of sp³-hybridized carbons (Fsp3) is 0.304. The van der Waals surface area contributed by atoms with E-state index in [1.54, 1.807) is 0 Å². The average molecular weight is 486 g/mol. The largest absolute Gasteiger partial charge is 0.357 e. The van der Waals surface area contributed by atoms with E-state index >= 15 is 0 Å². The van der Waals surface area contributed by atoms with Crippen LogP contribution in [-0.4, -0.2) is 35.5 Å². The maximum absolute atomic E-state index is 4.91. The Morgan fingerprint density at radius 2 is 1.89 bits per heavy atom. The lowest BCUT2D eigenvalue weighted by Gasteiger charge is -2.22. The van der Waals surface area contributed by atoms with Crippen LogP contribution in [-0.2, 0) is 6.54 Å². The Morgan fingerprint density at radius 1 is 1.11 bits per heavy atom. The summed E-state index contributed by atoms with van der Waals surface area (Å²) >= 11 is 0. The van der Waals surface area contributed by atoms with Gasteiger partial charge in [0.25, 0.3) is 0 Å². The SMILES string of the molecule is CCNC(=NCc1nccc2ccccc12)N1CCC(c2ccccc2)C1.I. The molecule has 3 aromatic rings. The number of benzene rings is 2. The van der Waals surface area contributed by atoms with Gasteiger partial charge in [-0.1, -0.05) is 54.6 Å². The number of pyridine rings is 1. The van der Waals surface area contributed by atoms with Gasteiger partial charge in [-0.2, -0.15) is 0 Å². The van der Waals surface area contributed by atoms with Crippen LogP contribution in [0.5, 0.6) is 0 Å². The van der Waals surface area contributed by atoms with Crippen LogP contribution in [0.3, 0.4) is 0 Å². The van der Waals surface area contributed by atoms with Crippen LogP contribution < -0.4 is 5.32 Å². The molecular weight excluding hydrogens is 459 g/mol. The van der Waals surface area contributed by atoms with E-state index < -0.39 is 0 Å². The molecule has 0 spiro atoms. The molecule has 1 aromatic heterocycles. The number of hydrogen-bond acceptors (Lipinski definition) is 2. The molecule has 1 N–H and O–H groups in total. The van der Waals surface area contributed by atoms with Crippen LogP contribution >= 0.6 is 24.0 Å². The zero-order chi connectivity index (χ0) is 18.5. The number of hydrogen-bond donors (Lipinski definition) is 1. The predicted octanol–water partition coefficient (Wildman–Crippen LogP) is 4.81. The maximum atomic E-state index is 4.91.